The van der Waals surface area contributed by atoms with E-state index >= 15 is 0 Å². The highest BCUT2D eigenvalue weighted by Gasteiger charge is 2.30. The molecule has 0 aliphatic carbocycles. The zero-order chi connectivity index (χ0) is 21.6. The summed E-state index contributed by atoms with van der Waals surface area (Å²) in [6.45, 7) is 11.3. The van der Waals surface area contributed by atoms with Crippen molar-refractivity contribution in [1.82, 2.24) is 19.4 Å². The molecule has 0 atom stereocenters. The first-order chi connectivity index (χ1) is 13.7. The SMILES string of the molecule is CCCCN(CCCC)C(=O)Cn1c(C(=O)C(C)(C)C)nc2cnc(OC)cc21. The third-order valence-corrected chi connectivity index (χ3v) is 4.91. The first kappa shape index (κ1) is 22.8. The fourth-order valence-corrected chi connectivity index (χ4v) is 3.08. The van der Waals surface area contributed by atoms with E-state index in [1.807, 2.05) is 25.7 Å². The molecule has 2 heterocycles. The second-order valence-electron chi connectivity index (χ2n) is 8.40. The Labute approximate surface area is 173 Å². The van der Waals surface area contributed by atoms with E-state index in [0.29, 0.717) is 22.7 Å². The number of pyridine rings is 1. The Hall–Kier alpha value is -2.44. The lowest BCUT2D eigenvalue weighted by Gasteiger charge is -2.24. The molecule has 7 heteroatoms. The molecule has 29 heavy (non-hydrogen) atoms. The molecular formula is C22H34N4O3. The van der Waals surface area contributed by atoms with Gasteiger partial charge in [-0.2, -0.15) is 0 Å². The number of carbonyl (C=O) groups excluding carboxylic acids is 2. The Balaban J connectivity index is 2.47. The summed E-state index contributed by atoms with van der Waals surface area (Å²) in [6.07, 6.45) is 5.57. The van der Waals surface area contributed by atoms with Gasteiger partial charge in [-0.1, -0.05) is 47.5 Å². The maximum atomic E-state index is 13.2. The number of aromatic nitrogens is 3. The second-order valence-corrected chi connectivity index (χ2v) is 8.40. The van der Waals surface area contributed by atoms with E-state index in [2.05, 4.69) is 23.8 Å². The molecule has 0 saturated carbocycles. The van der Waals surface area contributed by atoms with Gasteiger partial charge in [0, 0.05) is 24.6 Å². The number of amides is 1. The number of ketones is 1. The van der Waals surface area contributed by atoms with Gasteiger partial charge >= 0.3 is 0 Å². The summed E-state index contributed by atoms with van der Waals surface area (Å²) in [7, 11) is 1.54. The summed E-state index contributed by atoms with van der Waals surface area (Å²) >= 11 is 0. The largest absolute Gasteiger partial charge is 0.481 e. The van der Waals surface area contributed by atoms with Gasteiger partial charge in [-0.15, -0.1) is 0 Å². The minimum Gasteiger partial charge on any atom is -0.481 e. The first-order valence-electron chi connectivity index (χ1n) is 10.5. The molecule has 1 amide bonds. The highest BCUT2D eigenvalue weighted by molar-refractivity contribution is 6.00. The smallest absolute Gasteiger partial charge is 0.242 e. The van der Waals surface area contributed by atoms with Crippen LogP contribution in [0.4, 0.5) is 0 Å². The predicted molar refractivity (Wildman–Crippen MR) is 114 cm³/mol. The topological polar surface area (TPSA) is 77.3 Å². The standard InChI is InChI=1S/C22H34N4O3/c1-7-9-11-25(12-10-8-2)19(27)15-26-17-13-18(29-6)23-14-16(17)24-21(26)20(28)22(3,4)5/h13-14H,7-12,15H2,1-6H3. The van der Waals surface area contributed by atoms with Gasteiger partial charge in [0.15, 0.2) is 5.82 Å². The number of rotatable bonds is 10. The molecule has 0 unspecified atom stereocenters. The number of unbranched alkanes of at least 4 members (excludes halogenated alkanes) is 2. The van der Waals surface area contributed by atoms with Crippen LogP contribution in [0.15, 0.2) is 12.3 Å². The van der Waals surface area contributed by atoms with Crippen molar-refractivity contribution < 1.29 is 14.3 Å². The average molecular weight is 403 g/mol. The van der Waals surface area contributed by atoms with Gasteiger partial charge in [-0.25, -0.2) is 9.97 Å². The summed E-state index contributed by atoms with van der Waals surface area (Å²) < 4.78 is 6.96. The van der Waals surface area contributed by atoms with Gasteiger partial charge in [0.1, 0.15) is 12.1 Å². The lowest BCUT2D eigenvalue weighted by molar-refractivity contribution is -0.132. The van der Waals surface area contributed by atoms with Crippen molar-refractivity contribution in [2.45, 2.75) is 66.8 Å². The summed E-state index contributed by atoms with van der Waals surface area (Å²) in [5.74, 6) is 0.621. The molecule has 0 aliphatic heterocycles. The van der Waals surface area contributed by atoms with Crippen LogP contribution in [0.25, 0.3) is 11.0 Å². The summed E-state index contributed by atoms with van der Waals surface area (Å²) in [6, 6.07) is 1.73. The van der Waals surface area contributed by atoms with E-state index in [-0.39, 0.29) is 18.2 Å². The number of Topliss-reactive ketones (excluding diaryl/α,β-unsaturated/α-hetero) is 1. The number of imidazole rings is 1. The van der Waals surface area contributed by atoms with Crippen molar-refractivity contribution in [3.63, 3.8) is 0 Å². The number of hydrogen-bond donors (Lipinski definition) is 0. The highest BCUT2D eigenvalue weighted by Crippen LogP contribution is 2.26. The van der Waals surface area contributed by atoms with Crippen molar-refractivity contribution in [3.8, 4) is 5.88 Å². The van der Waals surface area contributed by atoms with Gasteiger partial charge < -0.3 is 14.2 Å². The van der Waals surface area contributed by atoms with Gasteiger partial charge in [-0.05, 0) is 12.8 Å². The molecule has 2 aromatic heterocycles. The van der Waals surface area contributed by atoms with Gasteiger partial charge in [0.25, 0.3) is 0 Å². The Morgan fingerprint density at radius 3 is 2.28 bits per heavy atom. The number of carbonyl (C=O) groups is 2. The number of methoxy groups -OCH3 is 1. The first-order valence-corrected chi connectivity index (χ1v) is 10.5. The normalized spacial score (nSPS) is 11.7. The van der Waals surface area contributed by atoms with E-state index in [1.54, 1.807) is 23.9 Å². The summed E-state index contributed by atoms with van der Waals surface area (Å²) in [5, 5.41) is 0. The fraction of sp³-hybridized carbons (Fsp3) is 0.636. The van der Waals surface area contributed by atoms with Crippen LogP contribution in [0, 0.1) is 5.41 Å². The van der Waals surface area contributed by atoms with Gasteiger partial charge in [-0.3, -0.25) is 9.59 Å². The molecule has 0 fully saturated rings. The van der Waals surface area contributed by atoms with Crippen molar-refractivity contribution in [2.75, 3.05) is 20.2 Å². The van der Waals surface area contributed by atoms with Gasteiger partial charge in [0.2, 0.25) is 17.6 Å². The summed E-state index contributed by atoms with van der Waals surface area (Å²) in [5.41, 5.74) is 0.660. The molecule has 7 nitrogen and oxygen atoms in total. The Morgan fingerprint density at radius 1 is 1.14 bits per heavy atom. The average Bonchev–Trinajstić information content (AvgIpc) is 3.03. The molecule has 0 spiro atoms. The number of fused-ring (bicyclic) bond motifs is 1. The molecule has 2 aromatic rings. The predicted octanol–water partition coefficient (Wildman–Crippen LogP) is 4.10. The monoisotopic (exact) mass is 402 g/mol. The number of hydrogen-bond acceptors (Lipinski definition) is 5. The molecule has 2 rings (SSSR count). The maximum Gasteiger partial charge on any atom is 0.242 e. The number of ether oxygens (including phenoxy) is 1. The van der Waals surface area contributed by atoms with Crippen LogP contribution in [-0.2, 0) is 11.3 Å². The van der Waals surface area contributed by atoms with E-state index in [9.17, 15) is 9.59 Å². The molecular weight excluding hydrogens is 368 g/mol. The zero-order valence-electron chi connectivity index (χ0n) is 18.6. The molecule has 0 aromatic carbocycles. The Morgan fingerprint density at radius 2 is 1.76 bits per heavy atom. The summed E-state index contributed by atoms with van der Waals surface area (Å²) in [4.78, 5) is 36.8. The van der Waals surface area contributed by atoms with Crippen LogP contribution < -0.4 is 4.74 Å². The van der Waals surface area contributed by atoms with Crippen LogP contribution >= 0.6 is 0 Å². The van der Waals surface area contributed by atoms with Crippen LogP contribution in [0.5, 0.6) is 5.88 Å². The Bertz CT molecular complexity index is 844. The van der Waals surface area contributed by atoms with Crippen molar-refractivity contribution in [2.24, 2.45) is 5.41 Å². The van der Waals surface area contributed by atoms with Crippen molar-refractivity contribution >= 4 is 22.7 Å². The minimum atomic E-state index is -0.607. The van der Waals surface area contributed by atoms with E-state index < -0.39 is 5.41 Å². The third-order valence-electron chi connectivity index (χ3n) is 4.91. The Kier molecular flexibility index (Phi) is 7.76. The molecule has 160 valence electrons. The molecule has 0 bridgehead atoms. The molecule has 0 radical (unpaired) electrons. The van der Waals surface area contributed by atoms with Crippen LogP contribution in [-0.4, -0.2) is 51.3 Å². The number of nitrogens with zero attached hydrogens (tertiary/aromatic N) is 4. The van der Waals surface area contributed by atoms with E-state index in [4.69, 9.17) is 4.74 Å². The fourth-order valence-electron chi connectivity index (χ4n) is 3.08. The molecule has 0 aliphatic rings. The highest BCUT2D eigenvalue weighted by atomic mass is 16.5. The lowest BCUT2D eigenvalue weighted by Crippen LogP contribution is -2.36. The van der Waals surface area contributed by atoms with Crippen LogP contribution in [0.1, 0.15) is 70.9 Å². The van der Waals surface area contributed by atoms with Crippen molar-refractivity contribution in [1.29, 1.82) is 0 Å². The van der Waals surface area contributed by atoms with Crippen LogP contribution in [0.3, 0.4) is 0 Å². The molecule has 0 N–H and O–H groups in total. The zero-order valence-corrected chi connectivity index (χ0v) is 18.6. The van der Waals surface area contributed by atoms with E-state index in [1.165, 1.54) is 0 Å². The third kappa shape index (κ3) is 5.55. The van der Waals surface area contributed by atoms with Gasteiger partial charge in [0.05, 0.1) is 18.8 Å². The molecule has 0 saturated heterocycles. The second kappa shape index (κ2) is 9.85. The minimum absolute atomic E-state index is 0.00457. The van der Waals surface area contributed by atoms with Crippen molar-refractivity contribution in [3.05, 3.63) is 18.1 Å². The van der Waals surface area contributed by atoms with Crippen LogP contribution in [0.2, 0.25) is 0 Å². The van der Waals surface area contributed by atoms with E-state index in [0.717, 1.165) is 38.8 Å². The quantitative estimate of drug-likeness (QED) is 0.559. The maximum absolute atomic E-state index is 13.2. The lowest BCUT2D eigenvalue weighted by atomic mass is 9.90.